The standard InChI is InChI=1S/C41H64O11/c1-36-14-15-37(2,34(44)45)26-28(36)27-25-29(42)33-38(3)12-10-31(52-32(43)11-18-49-21-22-51-24-23-50-20-19-47-7)41(6,35(46)48-8)30(38)9-13-40(33,5)39(27,4)17-16-36/h25,28,30-31,33H,9-24,26H2,1-8H3,(H,44,45)/t28-,30+,31-,33+,36+,37-,38-,39+,40+,41-/m0/s1. The van der Waals surface area contributed by atoms with Crippen molar-refractivity contribution in [2.45, 2.75) is 112 Å². The number of ether oxygens (including phenoxy) is 6. The van der Waals surface area contributed by atoms with Gasteiger partial charge in [0.05, 0.1) is 65.2 Å². The maximum Gasteiger partial charge on any atom is 0.315 e. The highest BCUT2D eigenvalue weighted by Gasteiger charge is 2.72. The molecule has 0 bridgehead atoms. The average Bonchev–Trinajstić information content (AvgIpc) is 3.09. The Morgan fingerprint density at radius 3 is 2.02 bits per heavy atom. The molecule has 0 saturated heterocycles. The second-order valence-electron chi connectivity index (χ2n) is 17.9. The van der Waals surface area contributed by atoms with Crippen molar-refractivity contribution in [3.8, 4) is 0 Å². The number of aliphatic carboxylic acids is 1. The Kier molecular flexibility index (Phi) is 12.1. The Labute approximate surface area is 310 Å². The first-order chi connectivity index (χ1) is 24.5. The van der Waals surface area contributed by atoms with E-state index in [9.17, 15) is 24.3 Å². The van der Waals surface area contributed by atoms with Crippen molar-refractivity contribution >= 4 is 23.7 Å². The van der Waals surface area contributed by atoms with Crippen molar-refractivity contribution in [2.75, 3.05) is 60.5 Å². The van der Waals surface area contributed by atoms with Gasteiger partial charge in [-0.1, -0.05) is 33.3 Å². The number of fused-ring (bicyclic) bond motifs is 7. The second-order valence-corrected chi connectivity index (χ2v) is 17.9. The van der Waals surface area contributed by atoms with E-state index in [0.717, 1.165) is 31.3 Å². The van der Waals surface area contributed by atoms with Crippen LogP contribution in [0.25, 0.3) is 0 Å². The summed E-state index contributed by atoms with van der Waals surface area (Å²) >= 11 is 0. The number of allylic oxidation sites excluding steroid dienone is 2. The Morgan fingerprint density at radius 2 is 1.40 bits per heavy atom. The second kappa shape index (κ2) is 15.4. The van der Waals surface area contributed by atoms with Crippen molar-refractivity contribution in [3.05, 3.63) is 11.6 Å². The summed E-state index contributed by atoms with van der Waals surface area (Å²) in [6.07, 6.45) is 7.75. The average molecular weight is 733 g/mol. The molecule has 1 N–H and O–H groups in total. The zero-order chi connectivity index (χ0) is 38.2. The van der Waals surface area contributed by atoms with Crippen molar-refractivity contribution in [1.29, 1.82) is 0 Å². The molecule has 0 unspecified atom stereocenters. The van der Waals surface area contributed by atoms with Crippen LogP contribution in [-0.4, -0.2) is 95.4 Å². The van der Waals surface area contributed by atoms with Gasteiger partial charge in [-0.3, -0.25) is 19.2 Å². The van der Waals surface area contributed by atoms with Gasteiger partial charge in [-0.2, -0.15) is 0 Å². The molecule has 5 rings (SSSR count). The molecule has 0 heterocycles. The van der Waals surface area contributed by atoms with E-state index in [0.29, 0.717) is 71.7 Å². The summed E-state index contributed by atoms with van der Waals surface area (Å²) in [6.45, 7) is 15.7. The topological polar surface area (TPSA) is 144 Å². The van der Waals surface area contributed by atoms with Gasteiger partial charge in [-0.25, -0.2) is 0 Å². The van der Waals surface area contributed by atoms with Gasteiger partial charge in [-0.15, -0.1) is 0 Å². The molecule has 4 saturated carbocycles. The minimum atomic E-state index is -1.14. The molecule has 5 aliphatic carbocycles. The predicted octanol–water partition coefficient (Wildman–Crippen LogP) is 6.20. The van der Waals surface area contributed by atoms with Gasteiger partial charge < -0.3 is 33.5 Å². The number of carbonyl (C=O) groups excluding carboxylic acids is 3. The summed E-state index contributed by atoms with van der Waals surface area (Å²) in [6, 6.07) is 0. The number of ketones is 1. The molecule has 11 nitrogen and oxygen atoms in total. The highest BCUT2D eigenvalue weighted by molar-refractivity contribution is 5.96. The number of rotatable bonds is 15. The first-order valence-corrected chi connectivity index (χ1v) is 19.5. The molecule has 0 aliphatic heterocycles. The van der Waals surface area contributed by atoms with E-state index in [1.165, 1.54) is 7.11 Å². The molecule has 11 heteroatoms. The quantitative estimate of drug-likeness (QED) is 0.152. The zero-order valence-corrected chi connectivity index (χ0v) is 32.9. The third-order valence-electron chi connectivity index (χ3n) is 15.2. The lowest BCUT2D eigenvalue weighted by atomic mass is 9.33. The fourth-order valence-corrected chi connectivity index (χ4v) is 11.8. The highest BCUT2D eigenvalue weighted by atomic mass is 16.6. The lowest BCUT2D eigenvalue weighted by molar-refractivity contribution is -0.222. The summed E-state index contributed by atoms with van der Waals surface area (Å²) < 4.78 is 32.9. The molecule has 0 aromatic carbocycles. The van der Waals surface area contributed by atoms with Crippen LogP contribution in [0.5, 0.6) is 0 Å². The van der Waals surface area contributed by atoms with Gasteiger partial charge in [0.15, 0.2) is 5.78 Å². The van der Waals surface area contributed by atoms with Crippen LogP contribution in [0.3, 0.4) is 0 Å². The third-order valence-corrected chi connectivity index (χ3v) is 15.2. The molecule has 0 radical (unpaired) electrons. The van der Waals surface area contributed by atoms with Crippen LogP contribution >= 0.6 is 0 Å². The summed E-state index contributed by atoms with van der Waals surface area (Å²) in [4.78, 5) is 54.2. The number of carboxylic acid groups (broad SMARTS) is 1. The van der Waals surface area contributed by atoms with E-state index < -0.39 is 40.3 Å². The molecule has 5 aliphatic rings. The maximum absolute atomic E-state index is 14.7. The normalized spacial score (nSPS) is 41.1. The SMILES string of the molecule is COCCOCCOCCOCCC(=O)O[C@H]1CC[C@@]2(C)[C@@H](CC[C@]3(C)[C@@H]2C(=O)C=C2[C@@H]4C[C@@](C)(C(=O)O)CC[C@]4(C)CC[C@]23C)[C@]1(C)C(=O)OC. The van der Waals surface area contributed by atoms with Gasteiger partial charge in [0.25, 0.3) is 0 Å². The largest absolute Gasteiger partial charge is 0.481 e. The first-order valence-electron chi connectivity index (χ1n) is 19.5. The lowest BCUT2D eigenvalue weighted by Gasteiger charge is -2.70. The molecule has 0 amide bonds. The van der Waals surface area contributed by atoms with E-state index >= 15 is 0 Å². The van der Waals surface area contributed by atoms with E-state index in [2.05, 4.69) is 27.7 Å². The molecular formula is C41H64O11. The van der Waals surface area contributed by atoms with Gasteiger partial charge in [-0.05, 0) is 111 Å². The lowest BCUT2D eigenvalue weighted by Crippen LogP contribution is -2.68. The van der Waals surface area contributed by atoms with Crippen LogP contribution in [-0.2, 0) is 47.6 Å². The smallest absolute Gasteiger partial charge is 0.315 e. The number of carboxylic acids is 1. The van der Waals surface area contributed by atoms with Crippen LogP contribution in [0.15, 0.2) is 11.6 Å². The van der Waals surface area contributed by atoms with Crippen LogP contribution < -0.4 is 0 Å². The van der Waals surface area contributed by atoms with E-state index in [4.69, 9.17) is 28.4 Å². The van der Waals surface area contributed by atoms with E-state index in [-0.39, 0.29) is 52.8 Å². The van der Waals surface area contributed by atoms with Crippen LogP contribution in [0.1, 0.15) is 106 Å². The number of hydrogen-bond donors (Lipinski definition) is 1. The molecule has 0 spiro atoms. The summed E-state index contributed by atoms with van der Waals surface area (Å²) in [5, 5.41) is 10.2. The molecule has 52 heavy (non-hydrogen) atoms. The van der Waals surface area contributed by atoms with Gasteiger partial charge in [0, 0.05) is 13.0 Å². The van der Waals surface area contributed by atoms with Gasteiger partial charge in [0.2, 0.25) is 0 Å². The van der Waals surface area contributed by atoms with Crippen LogP contribution in [0.4, 0.5) is 0 Å². The zero-order valence-electron chi connectivity index (χ0n) is 32.9. The Morgan fingerprint density at radius 1 is 0.788 bits per heavy atom. The predicted molar refractivity (Wildman–Crippen MR) is 192 cm³/mol. The number of esters is 2. The monoisotopic (exact) mass is 732 g/mol. The van der Waals surface area contributed by atoms with Gasteiger partial charge in [0.1, 0.15) is 11.5 Å². The van der Waals surface area contributed by atoms with Crippen molar-refractivity contribution in [1.82, 2.24) is 0 Å². The molecule has 0 aromatic heterocycles. The number of hydrogen-bond acceptors (Lipinski definition) is 10. The summed E-state index contributed by atoms with van der Waals surface area (Å²) in [7, 11) is 3.00. The maximum atomic E-state index is 14.7. The first kappa shape index (κ1) is 40.8. The number of carbonyl (C=O) groups is 4. The van der Waals surface area contributed by atoms with Crippen LogP contribution in [0, 0.1) is 50.2 Å². The van der Waals surface area contributed by atoms with Gasteiger partial charge >= 0.3 is 17.9 Å². The van der Waals surface area contributed by atoms with Crippen molar-refractivity contribution in [2.24, 2.45) is 50.2 Å². The Hall–Kier alpha value is -2.34. The fraction of sp³-hybridized carbons (Fsp3) is 0.854. The van der Waals surface area contributed by atoms with Crippen molar-refractivity contribution < 1.29 is 52.7 Å². The molecule has 294 valence electrons. The van der Waals surface area contributed by atoms with E-state index in [1.54, 1.807) is 7.11 Å². The molecule has 0 aromatic rings. The minimum absolute atomic E-state index is 0.0332. The summed E-state index contributed by atoms with van der Waals surface area (Å²) in [5.74, 6) is -2.06. The molecular weight excluding hydrogens is 668 g/mol. The Balaban J connectivity index is 1.30. The van der Waals surface area contributed by atoms with Crippen molar-refractivity contribution in [3.63, 3.8) is 0 Å². The van der Waals surface area contributed by atoms with E-state index in [1.807, 2.05) is 19.9 Å². The molecule has 10 atom stereocenters. The third kappa shape index (κ3) is 6.90. The Bertz CT molecular complexity index is 1390. The highest BCUT2D eigenvalue weighted by Crippen LogP contribution is 2.75. The molecule has 4 fully saturated rings. The minimum Gasteiger partial charge on any atom is -0.481 e. The fourth-order valence-electron chi connectivity index (χ4n) is 11.8. The summed E-state index contributed by atoms with van der Waals surface area (Å²) in [5.41, 5.74) is -2.03. The number of methoxy groups -OCH3 is 2. The van der Waals surface area contributed by atoms with Crippen LogP contribution in [0.2, 0.25) is 0 Å².